The average Bonchev–Trinajstić information content (AvgIpc) is 3.27. The molecule has 2 heterocycles. The molecule has 4 rings (SSSR count). The van der Waals surface area contributed by atoms with Gasteiger partial charge in [0.2, 0.25) is 5.91 Å². The second-order valence-electron chi connectivity index (χ2n) is 10.3. The molecule has 2 aliphatic heterocycles. The third kappa shape index (κ3) is 4.73. The van der Waals surface area contributed by atoms with Crippen molar-refractivity contribution >= 4 is 40.5 Å². The lowest BCUT2D eigenvalue weighted by molar-refractivity contribution is -0.245. The van der Waals surface area contributed by atoms with Gasteiger partial charge in [-0.05, 0) is 49.7 Å². The lowest BCUT2D eigenvalue weighted by atomic mass is 9.72. The van der Waals surface area contributed by atoms with Crippen LogP contribution in [-0.4, -0.2) is 50.9 Å². The second kappa shape index (κ2) is 9.66. The first-order chi connectivity index (χ1) is 15.7. The molecule has 1 aromatic carbocycles. The molecule has 7 heteroatoms. The van der Waals surface area contributed by atoms with Crippen LogP contribution in [0.3, 0.4) is 0 Å². The summed E-state index contributed by atoms with van der Waals surface area (Å²) in [6.45, 7) is 5.84. The molecular weight excluding hydrogens is 533 g/mol. The maximum Gasteiger partial charge on any atom is 0.331 e. The van der Waals surface area contributed by atoms with Gasteiger partial charge < -0.3 is 19.9 Å². The van der Waals surface area contributed by atoms with Gasteiger partial charge in [0.05, 0.1) is 11.6 Å². The molecule has 3 aliphatic rings. The Morgan fingerprint density at radius 3 is 2.70 bits per heavy atom. The van der Waals surface area contributed by atoms with E-state index in [0.717, 1.165) is 24.8 Å². The van der Waals surface area contributed by atoms with Gasteiger partial charge in [0.25, 0.3) is 0 Å². The van der Waals surface area contributed by atoms with Crippen molar-refractivity contribution in [2.45, 2.75) is 73.7 Å². The summed E-state index contributed by atoms with van der Waals surface area (Å²) < 4.78 is 13.5. The van der Waals surface area contributed by atoms with Crippen LogP contribution >= 0.6 is 22.6 Å². The van der Waals surface area contributed by atoms with E-state index in [0.29, 0.717) is 16.3 Å². The van der Waals surface area contributed by atoms with Gasteiger partial charge in [-0.3, -0.25) is 4.79 Å². The maximum absolute atomic E-state index is 13.0. The SMILES string of the molecule is CC(C)CC12CC(NC(=O)CO)C(C)(O1)C1CCC(I)C1C2OC(=O)/C=C/c1ccccc1. The summed E-state index contributed by atoms with van der Waals surface area (Å²) in [6, 6.07) is 9.46. The number of hydrogen-bond acceptors (Lipinski definition) is 5. The van der Waals surface area contributed by atoms with Crippen LogP contribution in [-0.2, 0) is 19.1 Å². The predicted molar refractivity (Wildman–Crippen MR) is 135 cm³/mol. The maximum atomic E-state index is 13.0. The van der Waals surface area contributed by atoms with E-state index in [2.05, 4.69) is 48.7 Å². The molecule has 0 spiro atoms. The molecule has 2 saturated heterocycles. The van der Waals surface area contributed by atoms with Gasteiger partial charge >= 0.3 is 5.97 Å². The number of halogens is 1. The highest BCUT2D eigenvalue weighted by Gasteiger charge is 2.70. The van der Waals surface area contributed by atoms with Crippen molar-refractivity contribution in [3.8, 4) is 0 Å². The summed E-state index contributed by atoms with van der Waals surface area (Å²) in [6.07, 6.45) is 6.19. The summed E-state index contributed by atoms with van der Waals surface area (Å²) >= 11 is 2.50. The van der Waals surface area contributed by atoms with Crippen molar-refractivity contribution in [3.05, 3.63) is 42.0 Å². The fourth-order valence-corrected chi connectivity index (χ4v) is 7.69. The molecule has 1 amide bonds. The Labute approximate surface area is 209 Å². The molecule has 0 aromatic heterocycles. The smallest absolute Gasteiger partial charge is 0.331 e. The first kappa shape index (κ1) is 24.7. The molecule has 0 radical (unpaired) electrons. The number of amides is 1. The topological polar surface area (TPSA) is 84.9 Å². The molecule has 33 heavy (non-hydrogen) atoms. The number of rotatable bonds is 7. The first-order valence-electron chi connectivity index (χ1n) is 11.9. The number of nitrogens with one attached hydrogen (secondary N) is 1. The lowest BCUT2D eigenvalue weighted by Gasteiger charge is -2.52. The highest BCUT2D eigenvalue weighted by Crippen LogP contribution is 2.62. The van der Waals surface area contributed by atoms with Crippen LogP contribution in [0.1, 0.15) is 52.0 Å². The van der Waals surface area contributed by atoms with E-state index in [-0.39, 0.29) is 30.0 Å². The first-order valence-corrected chi connectivity index (χ1v) is 13.1. The number of esters is 1. The Kier molecular flexibility index (Phi) is 7.22. The highest BCUT2D eigenvalue weighted by molar-refractivity contribution is 14.1. The van der Waals surface area contributed by atoms with Crippen LogP contribution in [0, 0.1) is 17.8 Å². The fourth-order valence-electron chi connectivity index (χ4n) is 6.45. The minimum absolute atomic E-state index is 0.160. The molecule has 7 unspecified atom stereocenters. The van der Waals surface area contributed by atoms with E-state index in [4.69, 9.17) is 9.47 Å². The molecule has 2 bridgehead atoms. The largest absolute Gasteiger partial charge is 0.456 e. The summed E-state index contributed by atoms with van der Waals surface area (Å²) in [5.74, 6) is -0.100. The van der Waals surface area contributed by atoms with E-state index in [1.54, 1.807) is 6.08 Å². The van der Waals surface area contributed by atoms with Gasteiger partial charge in [-0.2, -0.15) is 0 Å². The van der Waals surface area contributed by atoms with Crippen molar-refractivity contribution in [1.82, 2.24) is 5.32 Å². The number of benzene rings is 1. The molecular formula is C26H34INO5. The van der Waals surface area contributed by atoms with Gasteiger partial charge in [0.15, 0.2) is 0 Å². The molecule has 7 atom stereocenters. The van der Waals surface area contributed by atoms with Gasteiger partial charge in [0, 0.05) is 22.3 Å². The standard InChI is InChI=1S/C26H34INO5/c1-16(2)13-26-14-20(28-21(30)15-29)25(3,33-26)18-10-11-19(27)23(18)24(26)32-22(31)12-9-17-7-5-4-6-8-17/h4-9,12,16,18-20,23-24,29H,10-11,13-15H2,1-3H3,(H,28,30)/b12-9+. The molecule has 1 aromatic rings. The molecule has 180 valence electrons. The Balaban J connectivity index is 1.66. The van der Waals surface area contributed by atoms with Crippen LogP contribution in [0.15, 0.2) is 36.4 Å². The van der Waals surface area contributed by atoms with Gasteiger partial charge in [-0.1, -0.05) is 66.8 Å². The molecule has 6 nitrogen and oxygen atoms in total. The van der Waals surface area contributed by atoms with E-state index in [9.17, 15) is 14.7 Å². The number of alkyl halides is 1. The molecule has 2 N–H and O–H groups in total. The number of ether oxygens (including phenoxy) is 2. The fraction of sp³-hybridized carbons (Fsp3) is 0.615. The van der Waals surface area contributed by atoms with Crippen molar-refractivity contribution in [2.75, 3.05) is 6.61 Å². The molecule has 1 aliphatic carbocycles. The van der Waals surface area contributed by atoms with E-state index in [1.165, 1.54) is 6.08 Å². The third-order valence-corrected chi connectivity index (χ3v) is 9.05. The van der Waals surface area contributed by atoms with Crippen molar-refractivity contribution < 1.29 is 24.2 Å². The predicted octanol–water partition coefficient (Wildman–Crippen LogP) is 3.90. The minimum atomic E-state index is -0.665. The Morgan fingerprint density at radius 1 is 1.30 bits per heavy atom. The van der Waals surface area contributed by atoms with E-state index < -0.39 is 23.7 Å². The third-order valence-electron chi connectivity index (χ3n) is 7.59. The number of fused-ring (bicyclic) bond motifs is 4. The quantitative estimate of drug-likeness (QED) is 0.226. The average molecular weight is 567 g/mol. The number of hydrogen-bond donors (Lipinski definition) is 2. The van der Waals surface area contributed by atoms with Crippen LogP contribution in [0.5, 0.6) is 0 Å². The molecule has 1 saturated carbocycles. The van der Waals surface area contributed by atoms with Gasteiger partial charge in [-0.15, -0.1) is 0 Å². The number of aliphatic hydroxyl groups is 1. The minimum Gasteiger partial charge on any atom is -0.456 e. The van der Waals surface area contributed by atoms with Crippen LogP contribution in [0.4, 0.5) is 0 Å². The summed E-state index contributed by atoms with van der Waals surface area (Å²) in [5.41, 5.74) is -0.272. The monoisotopic (exact) mass is 567 g/mol. The normalized spacial score (nSPS) is 37.3. The second-order valence-corrected chi connectivity index (χ2v) is 11.9. The van der Waals surface area contributed by atoms with E-state index >= 15 is 0 Å². The summed E-state index contributed by atoms with van der Waals surface area (Å²) in [4.78, 5) is 25.1. The zero-order valence-corrected chi connectivity index (χ0v) is 21.7. The zero-order chi connectivity index (χ0) is 23.8. The van der Waals surface area contributed by atoms with Crippen LogP contribution < -0.4 is 5.32 Å². The van der Waals surface area contributed by atoms with Crippen LogP contribution in [0.25, 0.3) is 6.08 Å². The van der Waals surface area contributed by atoms with Gasteiger partial charge in [-0.25, -0.2) is 4.79 Å². The molecule has 3 fully saturated rings. The Bertz CT molecular complexity index is 905. The number of carbonyl (C=O) groups excluding carboxylic acids is 2. The number of aliphatic hydroxyl groups excluding tert-OH is 1. The van der Waals surface area contributed by atoms with Crippen molar-refractivity contribution in [3.63, 3.8) is 0 Å². The summed E-state index contributed by atoms with van der Waals surface area (Å²) in [7, 11) is 0. The highest BCUT2D eigenvalue weighted by atomic mass is 127. The Morgan fingerprint density at radius 2 is 2.03 bits per heavy atom. The van der Waals surface area contributed by atoms with E-state index in [1.807, 2.05) is 30.3 Å². The summed E-state index contributed by atoms with van der Waals surface area (Å²) in [5, 5.41) is 12.4. The number of carbonyl (C=O) groups is 2. The van der Waals surface area contributed by atoms with Gasteiger partial charge in [0.1, 0.15) is 18.3 Å². The zero-order valence-electron chi connectivity index (χ0n) is 19.5. The Hall–Kier alpha value is -1.45. The van der Waals surface area contributed by atoms with Crippen LogP contribution in [0.2, 0.25) is 0 Å². The lowest BCUT2D eigenvalue weighted by Crippen LogP contribution is -2.62. The van der Waals surface area contributed by atoms with Crippen molar-refractivity contribution in [2.24, 2.45) is 17.8 Å². The van der Waals surface area contributed by atoms with Crippen molar-refractivity contribution in [1.29, 1.82) is 0 Å².